The van der Waals surface area contributed by atoms with Crippen molar-refractivity contribution in [2.45, 2.75) is 11.4 Å². The Balaban J connectivity index is 2.03. The van der Waals surface area contributed by atoms with E-state index in [9.17, 15) is 13.2 Å². The molecule has 0 saturated heterocycles. The molecule has 0 spiro atoms. The molecule has 0 unspecified atom stereocenters. The van der Waals surface area contributed by atoms with Gasteiger partial charge in [-0.1, -0.05) is 12.1 Å². The van der Waals surface area contributed by atoms with Crippen molar-refractivity contribution in [3.8, 4) is 0 Å². The lowest BCUT2D eigenvalue weighted by Crippen LogP contribution is -2.22. The van der Waals surface area contributed by atoms with Gasteiger partial charge in [-0.25, -0.2) is 8.42 Å². The molecular weight excluding hydrogens is 442 g/mol. The van der Waals surface area contributed by atoms with Crippen molar-refractivity contribution in [3.05, 3.63) is 49.0 Å². The smallest absolute Gasteiger partial charge is 0.253 e. The van der Waals surface area contributed by atoms with Crippen LogP contribution >= 0.6 is 43.2 Å². The summed E-state index contributed by atoms with van der Waals surface area (Å²) in [5.41, 5.74) is 1.40. The van der Waals surface area contributed by atoms with E-state index in [1.54, 1.807) is 18.2 Å². The van der Waals surface area contributed by atoms with Crippen LogP contribution in [0.1, 0.15) is 15.9 Å². The third kappa shape index (κ3) is 4.38. The van der Waals surface area contributed by atoms with Crippen LogP contribution in [0.25, 0.3) is 0 Å². The lowest BCUT2D eigenvalue weighted by Gasteiger charge is -2.05. The van der Waals surface area contributed by atoms with Crippen molar-refractivity contribution >= 4 is 58.9 Å². The average molecular weight is 453 g/mol. The number of carbonyl (C=O) groups excluding carboxylic acids is 1. The molecule has 2 aromatic rings. The van der Waals surface area contributed by atoms with Crippen LogP contribution in [0.2, 0.25) is 0 Å². The lowest BCUT2D eigenvalue weighted by molar-refractivity contribution is 0.0950. The maximum atomic E-state index is 12.0. The fraction of sp³-hybridized carbons (Fsp3) is 0.154. The second-order valence-corrected chi connectivity index (χ2v) is 10.1. The first-order chi connectivity index (χ1) is 9.77. The zero-order chi connectivity index (χ0) is 15.6. The predicted octanol–water partition coefficient (Wildman–Crippen LogP) is 3.61. The fourth-order valence-corrected chi connectivity index (χ4v) is 5.05. The Morgan fingerprint density at radius 2 is 1.86 bits per heavy atom. The highest BCUT2D eigenvalue weighted by Crippen LogP contribution is 2.31. The van der Waals surface area contributed by atoms with Gasteiger partial charge in [0.15, 0.2) is 9.84 Å². The molecule has 0 aliphatic carbocycles. The minimum absolute atomic E-state index is 0.184. The topological polar surface area (TPSA) is 63.2 Å². The Bertz CT molecular complexity index is 767. The van der Waals surface area contributed by atoms with Crippen LogP contribution in [0.5, 0.6) is 0 Å². The number of hydrogen-bond acceptors (Lipinski definition) is 4. The first-order valence-electron chi connectivity index (χ1n) is 5.79. The summed E-state index contributed by atoms with van der Waals surface area (Å²) in [5.74, 6) is -0.184. The quantitative estimate of drug-likeness (QED) is 0.770. The number of hydrogen-bond donors (Lipinski definition) is 1. The van der Waals surface area contributed by atoms with Gasteiger partial charge in [0.25, 0.3) is 5.91 Å². The van der Waals surface area contributed by atoms with Gasteiger partial charge in [0.2, 0.25) is 0 Å². The molecule has 1 amide bonds. The largest absolute Gasteiger partial charge is 0.348 e. The highest BCUT2D eigenvalue weighted by molar-refractivity contribution is 9.12. The summed E-state index contributed by atoms with van der Waals surface area (Å²) in [6.07, 6.45) is 1.16. The van der Waals surface area contributed by atoms with Gasteiger partial charge >= 0.3 is 0 Å². The normalized spacial score (nSPS) is 11.4. The molecule has 0 atom stereocenters. The number of carbonyl (C=O) groups is 1. The van der Waals surface area contributed by atoms with Gasteiger partial charge in [-0.2, -0.15) is 0 Å². The maximum absolute atomic E-state index is 12.0. The minimum Gasteiger partial charge on any atom is -0.348 e. The summed E-state index contributed by atoms with van der Waals surface area (Å²) < 4.78 is 24.3. The van der Waals surface area contributed by atoms with Crippen molar-refractivity contribution in [3.63, 3.8) is 0 Å². The molecule has 0 aliphatic rings. The van der Waals surface area contributed by atoms with Crippen LogP contribution in [0.15, 0.2) is 42.8 Å². The predicted molar refractivity (Wildman–Crippen MR) is 90.4 cm³/mol. The van der Waals surface area contributed by atoms with E-state index in [1.807, 2.05) is 0 Å². The van der Waals surface area contributed by atoms with Crippen molar-refractivity contribution in [1.82, 2.24) is 5.32 Å². The van der Waals surface area contributed by atoms with E-state index in [4.69, 9.17) is 0 Å². The first-order valence-corrected chi connectivity index (χ1v) is 10.1. The van der Waals surface area contributed by atoms with E-state index >= 15 is 0 Å². The first kappa shape index (κ1) is 16.7. The highest BCUT2D eigenvalue weighted by Gasteiger charge is 2.13. The third-order valence-electron chi connectivity index (χ3n) is 2.71. The minimum atomic E-state index is -3.19. The number of thiophene rings is 1. The van der Waals surface area contributed by atoms with Gasteiger partial charge in [0.05, 0.1) is 18.0 Å². The Labute approximate surface area is 143 Å². The number of nitrogens with one attached hydrogen (secondary N) is 1. The van der Waals surface area contributed by atoms with E-state index in [1.165, 1.54) is 23.5 Å². The molecule has 21 heavy (non-hydrogen) atoms. The molecule has 0 radical (unpaired) electrons. The molecule has 112 valence electrons. The Morgan fingerprint density at radius 1 is 1.24 bits per heavy atom. The second-order valence-electron chi connectivity index (χ2n) is 4.34. The van der Waals surface area contributed by atoms with Crippen molar-refractivity contribution in [2.75, 3.05) is 6.26 Å². The fourth-order valence-electron chi connectivity index (χ4n) is 1.63. The van der Waals surface area contributed by atoms with Gasteiger partial charge in [0.1, 0.15) is 0 Å². The zero-order valence-electron chi connectivity index (χ0n) is 10.9. The number of benzene rings is 1. The van der Waals surface area contributed by atoms with Gasteiger partial charge in [-0.3, -0.25) is 4.79 Å². The summed E-state index contributed by atoms with van der Waals surface area (Å²) in [6.45, 7) is 0.336. The van der Waals surface area contributed by atoms with Crippen molar-refractivity contribution in [2.24, 2.45) is 0 Å². The molecule has 1 heterocycles. The summed E-state index contributed by atoms with van der Waals surface area (Å²) >= 11 is 8.09. The molecule has 1 aromatic heterocycles. The molecule has 8 heteroatoms. The molecular formula is C13H11Br2NO3S2. The number of sulfone groups is 1. The lowest BCUT2D eigenvalue weighted by atomic mass is 10.2. The van der Waals surface area contributed by atoms with E-state index in [2.05, 4.69) is 37.2 Å². The van der Waals surface area contributed by atoms with E-state index < -0.39 is 9.84 Å². The van der Waals surface area contributed by atoms with Crippen LogP contribution in [-0.4, -0.2) is 20.6 Å². The molecule has 2 rings (SSSR count). The van der Waals surface area contributed by atoms with Crippen LogP contribution in [-0.2, 0) is 16.4 Å². The molecule has 0 saturated carbocycles. The van der Waals surface area contributed by atoms with Crippen LogP contribution < -0.4 is 5.32 Å². The maximum Gasteiger partial charge on any atom is 0.253 e. The summed E-state index contributed by atoms with van der Waals surface area (Å²) in [7, 11) is -3.19. The average Bonchev–Trinajstić information content (AvgIpc) is 2.74. The summed E-state index contributed by atoms with van der Waals surface area (Å²) in [4.78, 5) is 12.3. The van der Waals surface area contributed by atoms with Crippen LogP contribution in [0.3, 0.4) is 0 Å². The molecule has 0 fully saturated rings. The van der Waals surface area contributed by atoms with Crippen LogP contribution in [0, 0.1) is 0 Å². The highest BCUT2D eigenvalue weighted by atomic mass is 79.9. The number of rotatable bonds is 4. The summed E-state index contributed by atoms with van der Waals surface area (Å²) in [5, 5.41) is 2.80. The van der Waals surface area contributed by atoms with Crippen LogP contribution in [0.4, 0.5) is 0 Å². The van der Waals surface area contributed by atoms with Gasteiger partial charge in [-0.15, -0.1) is 11.3 Å². The second kappa shape index (κ2) is 6.60. The molecule has 1 aromatic carbocycles. The Morgan fingerprint density at radius 3 is 2.33 bits per heavy atom. The van der Waals surface area contributed by atoms with Crippen molar-refractivity contribution in [1.29, 1.82) is 0 Å². The van der Waals surface area contributed by atoms with Gasteiger partial charge in [-0.05, 0) is 55.6 Å². The number of amides is 1. The Kier molecular flexibility index (Phi) is 5.24. The van der Waals surface area contributed by atoms with E-state index in [0.717, 1.165) is 19.4 Å². The molecule has 0 aliphatic heterocycles. The third-order valence-corrected chi connectivity index (χ3v) is 6.17. The SMILES string of the molecule is CS(=O)(=O)c1ccc(CNC(=O)c2cc(Br)sc2Br)cc1. The van der Waals surface area contributed by atoms with E-state index in [0.29, 0.717) is 12.1 Å². The van der Waals surface area contributed by atoms with Crippen molar-refractivity contribution < 1.29 is 13.2 Å². The molecule has 1 N–H and O–H groups in total. The summed E-state index contributed by atoms with van der Waals surface area (Å²) in [6, 6.07) is 8.20. The standard InChI is InChI=1S/C13H11Br2NO3S2/c1-21(18,19)9-4-2-8(3-5-9)7-16-13(17)10-6-11(14)20-12(10)15/h2-6H,7H2,1H3,(H,16,17). The molecule has 4 nitrogen and oxygen atoms in total. The van der Waals surface area contributed by atoms with E-state index in [-0.39, 0.29) is 10.8 Å². The number of halogens is 2. The van der Waals surface area contributed by atoms with Gasteiger partial charge in [0, 0.05) is 12.8 Å². The zero-order valence-corrected chi connectivity index (χ0v) is 15.7. The Hall–Kier alpha value is -0.700. The monoisotopic (exact) mass is 451 g/mol. The van der Waals surface area contributed by atoms with Gasteiger partial charge < -0.3 is 5.32 Å². The molecule has 0 bridgehead atoms.